The Labute approximate surface area is 179 Å². The summed E-state index contributed by atoms with van der Waals surface area (Å²) >= 11 is 6.48. The van der Waals surface area contributed by atoms with Crippen LogP contribution in [0.3, 0.4) is 0 Å². The number of rotatable bonds is 5. The lowest BCUT2D eigenvalue weighted by Gasteiger charge is -2.12. The minimum absolute atomic E-state index is 0.0896. The largest absolute Gasteiger partial charge is 0.417 e. The van der Waals surface area contributed by atoms with E-state index in [0.717, 1.165) is 49.2 Å². The molecule has 160 valence electrons. The minimum atomic E-state index is -4.70. The second-order valence-electron chi connectivity index (χ2n) is 6.89. The van der Waals surface area contributed by atoms with Crippen molar-refractivity contribution in [2.75, 3.05) is 4.72 Å². The molecule has 30 heavy (non-hydrogen) atoms. The summed E-state index contributed by atoms with van der Waals surface area (Å²) in [5, 5.41) is 4.97. The Morgan fingerprint density at radius 3 is 2.63 bits per heavy atom. The molecule has 1 aromatic carbocycles. The molecule has 0 radical (unpaired) electrons. The summed E-state index contributed by atoms with van der Waals surface area (Å²) in [5.74, 6) is 1.04. The zero-order valence-corrected chi connectivity index (χ0v) is 17.6. The van der Waals surface area contributed by atoms with Crippen molar-refractivity contribution in [1.29, 1.82) is 0 Å². The van der Waals surface area contributed by atoms with Gasteiger partial charge in [0.15, 0.2) is 0 Å². The van der Waals surface area contributed by atoms with Crippen molar-refractivity contribution >= 4 is 38.6 Å². The molecular formula is C18H15ClF3N3O3S2. The van der Waals surface area contributed by atoms with Crippen molar-refractivity contribution in [2.24, 2.45) is 0 Å². The van der Waals surface area contributed by atoms with Crippen LogP contribution >= 0.6 is 22.9 Å². The van der Waals surface area contributed by atoms with E-state index >= 15 is 0 Å². The third kappa shape index (κ3) is 4.33. The van der Waals surface area contributed by atoms with Gasteiger partial charge in [0.05, 0.1) is 10.6 Å². The monoisotopic (exact) mass is 477 g/mol. The molecule has 1 saturated carbocycles. The molecule has 1 N–H and O–H groups in total. The molecule has 0 saturated heterocycles. The lowest BCUT2D eigenvalue weighted by Crippen LogP contribution is -2.13. The van der Waals surface area contributed by atoms with E-state index in [0.29, 0.717) is 17.5 Å². The summed E-state index contributed by atoms with van der Waals surface area (Å²) < 4.78 is 71.6. The normalized spacial score (nSPS) is 15.6. The first-order valence-corrected chi connectivity index (χ1v) is 11.7. The predicted octanol–water partition coefficient (Wildman–Crippen LogP) is 5.93. The molecule has 1 aliphatic rings. The number of nitrogens with one attached hydrogen (secondary N) is 1. The molecule has 12 heteroatoms. The maximum atomic E-state index is 13.0. The van der Waals surface area contributed by atoms with Crippen molar-refractivity contribution < 1.29 is 26.1 Å². The van der Waals surface area contributed by atoms with Gasteiger partial charge in [0.2, 0.25) is 11.7 Å². The summed E-state index contributed by atoms with van der Waals surface area (Å²) in [6.45, 7) is 0. The average Bonchev–Trinajstić information content (AvgIpc) is 3.42. The molecular weight excluding hydrogens is 463 g/mol. The van der Waals surface area contributed by atoms with E-state index < -0.39 is 26.8 Å². The summed E-state index contributed by atoms with van der Waals surface area (Å²) in [7, 11) is -4.11. The number of halogens is 4. The van der Waals surface area contributed by atoms with Crippen molar-refractivity contribution in [3.05, 3.63) is 46.1 Å². The highest BCUT2D eigenvalue weighted by atomic mass is 35.5. The van der Waals surface area contributed by atoms with Gasteiger partial charge in [0.1, 0.15) is 4.21 Å². The van der Waals surface area contributed by atoms with Crippen molar-refractivity contribution in [2.45, 2.75) is 42.0 Å². The van der Waals surface area contributed by atoms with Gasteiger partial charge in [0, 0.05) is 22.5 Å². The highest BCUT2D eigenvalue weighted by Gasteiger charge is 2.34. The van der Waals surface area contributed by atoms with Gasteiger partial charge >= 0.3 is 6.18 Å². The molecule has 0 unspecified atom stereocenters. The average molecular weight is 478 g/mol. The number of benzene rings is 1. The third-order valence-corrected chi connectivity index (χ3v) is 7.92. The summed E-state index contributed by atoms with van der Waals surface area (Å²) in [4.78, 5) is 4.36. The summed E-state index contributed by atoms with van der Waals surface area (Å²) in [6, 6.07) is 4.17. The molecule has 0 aliphatic heterocycles. The Kier molecular flexibility index (Phi) is 5.54. The van der Waals surface area contributed by atoms with Crippen LogP contribution < -0.4 is 4.72 Å². The Balaban J connectivity index is 1.56. The molecule has 0 bridgehead atoms. The van der Waals surface area contributed by atoms with Crippen LogP contribution in [0.15, 0.2) is 38.4 Å². The van der Waals surface area contributed by atoms with Gasteiger partial charge in [-0.2, -0.15) is 18.2 Å². The Hall–Kier alpha value is -2.11. The van der Waals surface area contributed by atoms with Crippen LogP contribution in [0, 0.1) is 0 Å². The van der Waals surface area contributed by atoms with Crippen LogP contribution in [0.1, 0.15) is 43.1 Å². The summed E-state index contributed by atoms with van der Waals surface area (Å²) in [6.07, 6.45) is -0.527. The van der Waals surface area contributed by atoms with Crippen LogP contribution in [0.4, 0.5) is 18.9 Å². The molecule has 0 spiro atoms. The SMILES string of the molecule is O=S(=O)(Nc1ccc(Cl)c(C(F)(F)F)c1)c1cc(-c2noc(C3CCCC3)n2)cs1. The number of alkyl halides is 3. The number of nitrogens with zero attached hydrogens (tertiary/aromatic N) is 2. The molecule has 2 aromatic heterocycles. The number of hydrogen-bond acceptors (Lipinski definition) is 6. The van der Waals surface area contributed by atoms with Crippen LogP contribution in [-0.4, -0.2) is 18.6 Å². The van der Waals surface area contributed by atoms with E-state index in [1.54, 1.807) is 5.38 Å². The van der Waals surface area contributed by atoms with Crippen LogP contribution in [0.5, 0.6) is 0 Å². The van der Waals surface area contributed by atoms with Crippen molar-refractivity contribution in [3.63, 3.8) is 0 Å². The number of aromatic nitrogens is 2. The fourth-order valence-corrected chi connectivity index (χ4v) is 5.71. The Morgan fingerprint density at radius 1 is 1.20 bits per heavy atom. The standard InChI is InChI=1S/C18H15ClF3N3O3S2/c19-14-6-5-12(8-13(14)18(20,21)22)25-30(26,27)15-7-11(9-29-15)16-23-17(28-24-16)10-3-1-2-4-10/h5-10,25H,1-4H2. The predicted molar refractivity (Wildman–Crippen MR) is 106 cm³/mol. The lowest BCUT2D eigenvalue weighted by atomic mass is 10.1. The van der Waals surface area contributed by atoms with Gasteiger partial charge in [-0.1, -0.05) is 29.6 Å². The molecule has 4 rings (SSSR count). The number of anilines is 1. The van der Waals surface area contributed by atoms with E-state index in [4.69, 9.17) is 16.1 Å². The fourth-order valence-electron chi connectivity index (χ4n) is 3.28. The Morgan fingerprint density at radius 2 is 1.93 bits per heavy atom. The smallest absolute Gasteiger partial charge is 0.339 e. The number of sulfonamides is 1. The fraction of sp³-hybridized carbons (Fsp3) is 0.333. The van der Waals surface area contributed by atoms with Gasteiger partial charge in [-0.15, -0.1) is 11.3 Å². The van der Waals surface area contributed by atoms with Crippen LogP contribution in [-0.2, 0) is 16.2 Å². The van der Waals surface area contributed by atoms with Gasteiger partial charge in [0.25, 0.3) is 10.0 Å². The highest BCUT2D eigenvalue weighted by Crippen LogP contribution is 2.37. The quantitative estimate of drug-likeness (QED) is 0.492. The second-order valence-corrected chi connectivity index (χ2v) is 10.1. The maximum Gasteiger partial charge on any atom is 0.417 e. The van der Waals surface area contributed by atoms with Gasteiger partial charge in [-0.05, 0) is 37.1 Å². The van der Waals surface area contributed by atoms with E-state index in [-0.39, 0.29) is 21.6 Å². The van der Waals surface area contributed by atoms with Gasteiger partial charge in [-0.3, -0.25) is 4.72 Å². The van der Waals surface area contributed by atoms with E-state index in [9.17, 15) is 21.6 Å². The molecule has 2 heterocycles. The molecule has 1 aliphatic carbocycles. The van der Waals surface area contributed by atoms with E-state index in [2.05, 4.69) is 14.9 Å². The number of hydrogen-bond donors (Lipinski definition) is 1. The number of thiophene rings is 1. The van der Waals surface area contributed by atoms with Gasteiger partial charge in [-0.25, -0.2) is 8.42 Å². The van der Waals surface area contributed by atoms with Crippen molar-refractivity contribution in [3.8, 4) is 11.4 Å². The zero-order chi connectivity index (χ0) is 21.5. The lowest BCUT2D eigenvalue weighted by molar-refractivity contribution is -0.137. The van der Waals surface area contributed by atoms with E-state index in [1.807, 2.05) is 0 Å². The van der Waals surface area contributed by atoms with Crippen LogP contribution in [0.2, 0.25) is 5.02 Å². The first kappa shape index (κ1) is 21.1. The molecule has 1 fully saturated rings. The van der Waals surface area contributed by atoms with Crippen molar-refractivity contribution in [1.82, 2.24) is 10.1 Å². The molecule has 3 aromatic rings. The topological polar surface area (TPSA) is 85.1 Å². The van der Waals surface area contributed by atoms with Crippen LogP contribution in [0.25, 0.3) is 11.4 Å². The summed E-state index contributed by atoms with van der Waals surface area (Å²) in [5.41, 5.74) is -0.910. The second kappa shape index (κ2) is 7.86. The zero-order valence-electron chi connectivity index (χ0n) is 15.2. The Bertz CT molecular complexity index is 1170. The molecule has 0 atom stereocenters. The van der Waals surface area contributed by atoms with Gasteiger partial charge < -0.3 is 4.52 Å². The third-order valence-electron chi connectivity index (χ3n) is 4.77. The minimum Gasteiger partial charge on any atom is -0.339 e. The molecule has 0 amide bonds. The molecule has 6 nitrogen and oxygen atoms in total. The highest BCUT2D eigenvalue weighted by molar-refractivity contribution is 7.94. The first-order chi connectivity index (χ1) is 14.1. The van der Waals surface area contributed by atoms with E-state index in [1.165, 1.54) is 6.07 Å². The first-order valence-electron chi connectivity index (χ1n) is 8.95. The maximum absolute atomic E-state index is 13.0.